The number of nitrogens with one attached hydrogen (secondary N) is 1. The van der Waals surface area contributed by atoms with Crippen LogP contribution >= 0.6 is 0 Å². The molecule has 1 fully saturated rings. The summed E-state index contributed by atoms with van der Waals surface area (Å²) in [6, 6.07) is 0. The van der Waals surface area contributed by atoms with E-state index in [0.717, 1.165) is 11.3 Å². The van der Waals surface area contributed by atoms with Crippen LogP contribution in [0.3, 0.4) is 0 Å². The highest BCUT2D eigenvalue weighted by Gasteiger charge is 2.33. The third-order valence-electron chi connectivity index (χ3n) is 1.40. The van der Waals surface area contributed by atoms with Crippen LogP contribution in [0.15, 0.2) is 0 Å². The van der Waals surface area contributed by atoms with Gasteiger partial charge in [-0.15, -0.1) is 5.43 Å². The van der Waals surface area contributed by atoms with E-state index in [9.17, 15) is 0 Å². The van der Waals surface area contributed by atoms with Gasteiger partial charge in [0, 0.05) is 0 Å². The highest BCUT2D eigenvalue weighted by Crippen LogP contribution is 2.04. The fourth-order valence-corrected chi connectivity index (χ4v) is 0.344. The van der Waals surface area contributed by atoms with Crippen molar-refractivity contribution in [2.45, 2.75) is 6.92 Å². The summed E-state index contributed by atoms with van der Waals surface area (Å²) in [5.41, 5.74) is 3.20. The fourth-order valence-electron chi connectivity index (χ4n) is 0.344. The highest BCUT2D eigenvalue weighted by atomic mass is 15.8. The summed E-state index contributed by atoms with van der Waals surface area (Å²) in [6.45, 7) is 4.55. The molecule has 1 N–H and O–H groups in total. The van der Waals surface area contributed by atoms with Crippen molar-refractivity contribution in [2.24, 2.45) is 0 Å². The van der Waals surface area contributed by atoms with Crippen molar-refractivity contribution in [3.05, 3.63) is 0 Å². The molecule has 1 saturated heterocycles. The van der Waals surface area contributed by atoms with E-state index < -0.39 is 0 Å². The lowest BCUT2D eigenvalue weighted by atomic mass is 10.7. The molecule has 0 amide bonds. The molecule has 0 aromatic rings. The van der Waals surface area contributed by atoms with Crippen molar-refractivity contribution in [2.75, 3.05) is 20.3 Å². The van der Waals surface area contributed by atoms with Crippen LogP contribution in [0.5, 0.6) is 0 Å². The van der Waals surface area contributed by atoms with Crippen molar-refractivity contribution in [3.8, 4) is 0 Å². The molecule has 0 spiro atoms. The molecule has 1 rings (SSSR count). The van der Waals surface area contributed by atoms with Gasteiger partial charge in [0.05, 0.1) is 13.6 Å². The first-order chi connectivity index (χ1) is 2.77. The van der Waals surface area contributed by atoms with Gasteiger partial charge in [-0.05, 0) is 6.92 Å². The Morgan fingerprint density at radius 3 is 2.33 bits per heavy atom. The molecule has 1 unspecified atom stereocenters. The summed E-state index contributed by atoms with van der Waals surface area (Å²) in [6.07, 6.45) is 0. The normalized spacial score (nSPS) is 43.0. The zero-order valence-corrected chi connectivity index (χ0v) is 4.36. The van der Waals surface area contributed by atoms with E-state index in [1.165, 1.54) is 6.54 Å². The fraction of sp³-hybridized carbons (Fsp3) is 1.00. The maximum atomic E-state index is 3.20. The second-order valence-corrected chi connectivity index (χ2v) is 2.03. The van der Waals surface area contributed by atoms with E-state index in [1.54, 1.807) is 0 Å². The summed E-state index contributed by atoms with van der Waals surface area (Å²) in [4.78, 5) is 0. The molecular formula is C4H11N2+. The largest absolute Gasteiger partial charge is 0.227 e. The van der Waals surface area contributed by atoms with E-state index in [1.807, 2.05) is 0 Å². The maximum Gasteiger partial charge on any atom is 0.192 e. The van der Waals surface area contributed by atoms with Gasteiger partial charge in [0.25, 0.3) is 0 Å². The monoisotopic (exact) mass is 87.1 g/mol. The van der Waals surface area contributed by atoms with Crippen LogP contribution in [0.25, 0.3) is 0 Å². The SMILES string of the molecule is CC[N+]1(C)CN1. The number of hydrogen-bond acceptors (Lipinski definition) is 1. The molecule has 1 atom stereocenters. The second-order valence-electron chi connectivity index (χ2n) is 2.03. The van der Waals surface area contributed by atoms with Crippen molar-refractivity contribution in [1.29, 1.82) is 0 Å². The van der Waals surface area contributed by atoms with Crippen LogP contribution in [0, 0.1) is 0 Å². The molecule has 0 aromatic carbocycles. The molecule has 36 valence electrons. The van der Waals surface area contributed by atoms with Gasteiger partial charge >= 0.3 is 0 Å². The number of nitrogens with zero attached hydrogens (tertiary/aromatic N) is 1. The van der Waals surface area contributed by atoms with Crippen molar-refractivity contribution < 1.29 is 4.59 Å². The molecule has 0 aromatic heterocycles. The molecule has 6 heavy (non-hydrogen) atoms. The Kier molecular flexibility index (Phi) is 0.648. The summed E-state index contributed by atoms with van der Waals surface area (Å²) >= 11 is 0. The lowest BCUT2D eigenvalue weighted by molar-refractivity contribution is -0.801. The minimum absolute atomic E-state index is 1.07. The molecular weight excluding hydrogens is 76.1 g/mol. The Bertz CT molecular complexity index is 56.6. The van der Waals surface area contributed by atoms with Crippen molar-refractivity contribution >= 4 is 0 Å². The summed E-state index contributed by atoms with van der Waals surface area (Å²) in [5.74, 6) is 0. The zero-order chi connectivity index (χ0) is 4.62. The Balaban J connectivity index is 2.28. The molecule has 0 radical (unpaired) electrons. The molecule has 0 aliphatic carbocycles. The first-order valence-corrected chi connectivity index (χ1v) is 2.36. The van der Waals surface area contributed by atoms with Crippen LogP contribution in [-0.2, 0) is 0 Å². The van der Waals surface area contributed by atoms with E-state index >= 15 is 0 Å². The zero-order valence-electron chi connectivity index (χ0n) is 4.36. The van der Waals surface area contributed by atoms with E-state index in [4.69, 9.17) is 0 Å². The highest BCUT2D eigenvalue weighted by molar-refractivity contribution is 4.32. The number of hydrogen-bond donors (Lipinski definition) is 1. The van der Waals surface area contributed by atoms with Gasteiger partial charge in [-0.1, -0.05) is 0 Å². The van der Waals surface area contributed by atoms with Gasteiger partial charge in [0.1, 0.15) is 0 Å². The van der Waals surface area contributed by atoms with Gasteiger partial charge in [-0.3, -0.25) is 0 Å². The molecule has 1 heterocycles. The summed E-state index contributed by atoms with van der Waals surface area (Å²) in [7, 11) is 2.18. The number of rotatable bonds is 1. The topological polar surface area (TPSA) is 21.9 Å². The van der Waals surface area contributed by atoms with Crippen molar-refractivity contribution in [3.63, 3.8) is 0 Å². The smallest absolute Gasteiger partial charge is 0.192 e. The van der Waals surface area contributed by atoms with Crippen LogP contribution in [-0.4, -0.2) is 24.9 Å². The van der Waals surface area contributed by atoms with E-state index in [-0.39, 0.29) is 0 Å². The molecule has 2 heteroatoms. The van der Waals surface area contributed by atoms with Gasteiger partial charge in [0.2, 0.25) is 0 Å². The molecule has 0 saturated carbocycles. The molecule has 2 nitrogen and oxygen atoms in total. The van der Waals surface area contributed by atoms with Gasteiger partial charge in [-0.25, -0.2) is 4.59 Å². The van der Waals surface area contributed by atoms with E-state index in [0.29, 0.717) is 0 Å². The third-order valence-corrected chi connectivity index (χ3v) is 1.40. The van der Waals surface area contributed by atoms with Crippen LogP contribution in [0.4, 0.5) is 0 Å². The quantitative estimate of drug-likeness (QED) is 0.351. The predicted octanol–water partition coefficient (Wildman–Crippen LogP) is -0.0714. The predicted molar refractivity (Wildman–Crippen MR) is 24.7 cm³/mol. The molecule has 1 aliphatic heterocycles. The summed E-state index contributed by atoms with van der Waals surface area (Å²) < 4.78 is 1.07. The molecule has 1 aliphatic rings. The lowest BCUT2D eigenvalue weighted by Crippen LogP contribution is -2.21. The minimum Gasteiger partial charge on any atom is -0.227 e. The van der Waals surface area contributed by atoms with Gasteiger partial charge in [-0.2, -0.15) is 0 Å². The first kappa shape index (κ1) is 4.09. The van der Waals surface area contributed by atoms with Crippen molar-refractivity contribution in [1.82, 2.24) is 5.43 Å². The molecule has 0 bridgehead atoms. The maximum absolute atomic E-state index is 3.20. The Hall–Kier alpha value is -0.0800. The van der Waals surface area contributed by atoms with Gasteiger partial charge < -0.3 is 0 Å². The minimum atomic E-state index is 1.07. The van der Waals surface area contributed by atoms with E-state index in [2.05, 4.69) is 19.4 Å². The lowest BCUT2D eigenvalue weighted by Gasteiger charge is -2.00. The summed E-state index contributed by atoms with van der Waals surface area (Å²) in [5, 5.41) is 0. The number of quaternary nitrogens is 1. The Morgan fingerprint density at radius 1 is 1.83 bits per heavy atom. The Morgan fingerprint density at radius 2 is 2.33 bits per heavy atom. The first-order valence-electron chi connectivity index (χ1n) is 2.36. The third kappa shape index (κ3) is 0.533. The van der Waals surface area contributed by atoms with Gasteiger partial charge in [0.15, 0.2) is 6.67 Å². The average Bonchev–Trinajstić information content (AvgIpc) is 2.22. The van der Waals surface area contributed by atoms with Crippen LogP contribution < -0.4 is 5.43 Å². The van der Waals surface area contributed by atoms with Crippen LogP contribution in [0.2, 0.25) is 0 Å². The Labute approximate surface area is 38.3 Å². The second kappa shape index (κ2) is 0.950. The standard InChI is InChI=1S/C4H11N2/c1-3-6(2)4-5-6/h5H,3-4H2,1-2H3/q+1. The van der Waals surface area contributed by atoms with Crippen LogP contribution in [0.1, 0.15) is 6.92 Å². The average molecular weight is 87.1 g/mol.